The molecule has 4 nitrogen and oxygen atoms in total. The molecule has 0 saturated heterocycles. The van der Waals surface area contributed by atoms with Crippen LogP contribution in [-0.2, 0) is 14.2 Å². The lowest BCUT2D eigenvalue weighted by Crippen LogP contribution is -2.13. The molecule has 0 aromatic carbocycles. The maximum atomic E-state index is 8.47. The maximum absolute atomic E-state index is 8.47. The lowest BCUT2D eigenvalue weighted by Gasteiger charge is -2.11. The van der Waals surface area contributed by atoms with Crippen molar-refractivity contribution in [3.63, 3.8) is 0 Å². The van der Waals surface area contributed by atoms with Crippen molar-refractivity contribution in [1.29, 1.82) is 0 Å². The van der Waals surface area contributed by atoms with Gasteiger partial charge in [0.05, 0.1) is 39.6 Å². The summed E-state index contributed by atoms with van der Waals surface area (Å²) in [5, 5.41) is 8.47. The molecule has 0 aliphatic heterocycles. The van der Waals surface area contributed by atoms with Crippen molar-refractivity contribution in [3.05, 3.63) is 0 Å². The largest absolute Gasteiger partial charge is 0.394 e. The summed E-state index contributed by atoms with van der Waals surface area (Å²) in [7, 11) is 0. The minimum Gasteiger partial charge on any atom is -0.394 e. The van der Waals surface area contributed by atoms with Gasteiger partial charge in [0.2, 0.25) is 0 Å². The van der Waals surface area contributed by atoms with Crippen LogP contribution in [0, 0.1) is 5.92 Å². The van der Waals surface area contributed by atoms with E-state index in [-0.39, 0.29) is 6.61 Å². The highest BCUT2D eigenvalue weighted by Gasteiger charge is 2.00. The van der Waals surface area contributed by atoms with Gasteiger partial charge in [-0.25, -0.2) is 0 Å². The second kappa shape index (κ2) is 13.9. The third kappa shape index (κ3) is 13.8. The molecule has 1 atom stereocenters. The summed E-state index contributed by atoms with van der Waals surface area (Å²) >= 11 is 0. The summed E-state index contributed by atoms with van der Waals surface area (Å²) in [6, 6.07) is 0. The Morgan fingerprint density at radius 2 is 1.53 bits per heavy atom. The van der Waals surface area contributed by atoms with Gasteiger partial charge in [-0.1, -0.05) is 26.7 Å². The van der Waals surface area contributed by atoms with Crippen molar-refractivity contribution in [3.8, 4) is 0 Å². The predicted octanol–water partition coefficient (Wildman–Crippen LogP) is 1.85. The van der Waals surface area contributed by atoms with Crippen LogP contribution in [0.3, 0.4) is 0 Å². The van der Waals surface area contributed by atoms with Gasteiger partial charge >= 0.3 is 0 Å². The molecule has 0 heterocycles. The smallest absolute Gasteiger partial charge is 0.0701 e. The summed E-state index contributed by atoms with van der Waals surface area (Å²) in [6.07, 6.45) is 3.77. The topological polar surface area (TPSA) is 47.9 Å². The SMILES string of the molecule is CCCCC(C)COCCOCCOCCO. The molecule has 0 aromatic rings. The highest BCUT2D eigenvalue weighted by Crippen LogP contribution is 2.07. The molecule has 104 valence electrons. The van der Waals surface area contributed by atoms with Crippen LogP contribution in [0.2, 0.25) is 0 Å². The van der Waals surface area contributed by atoms with E-state index in [0.717, 1.165) is 6.61 Å². The monoisotopic (exact) mass is 248 g/mol. The van der Waals surface area contributed by atoms with Gasteiger partial charge in [-0.15, -0.1) is 0 Å². The minimum absolute atomic E-state index is 0.0682. The molecule has 0 aromatic heterocycles. The maximum Gasteiger partial charge on any atom is 0.0701 e. The first-order valence-corrected chi connectivity index (χ1v) is 6.65. The van der Waals surface area contributed by atoms with E-state index in [1.54, 1.807) is 0 Å². The van der Waals surface area contributed by atoms with Crippen molar-refractivity contribution in [2.45, 2.75) is 33.1 Å². The molecule has 0 radical (unpaired) electrons. The van der Waals surface area contributed by atoms with E-state index in [4.69, 9.17) is 19.3 Å². The highest BCUT2D eigenvalue weighted by atomic mass is 16.5. The van der Waals surface area contributed by atoms with E-state index in [2.05, 4.69) is 13.8 Å². The molecular formula is C13H28O4. The second-order valence-electron chi connectivity index (χ2n) is 4.27. The standard InChI is InChI=1S/C13H28O4/c1-3-4-5-13(2)12-17-11-10-16-9-8-15-7-6-14/h13-14H,3-12H2,1-2H3. The van der Waals surface area contributed by atoms with Gasteiger partial charge in [0.15, 0.2) is 0 Å². The molecule has 17 heavy (non-hydrogen) atoms. The molecule has 0 bridgehead atoms. The Balaban J connectivity index is 3.02. The Hall–Kier alpha value is -0.160. The van der Waals surface area contributed by atoms with Crippen molar-refractivity contribution < 1.29 is 19.3 Å². The zero-order valence-electron chi connectivity index (χ0n) is 11.3. The lowest BCUT2D eigenvalue weighted by molar-refractivity contribution is 0.00229. The fourth-order valence-corrected chi connectivity index (χ4v) is 1.42. The van der Waals surface area contributed by atoms with Crippen molar-refractivity contribution >= 4 is 0 Å². The van der Waals surface area contributed by atoms with Gasteiger partial charge < -0.3 is 19.3 Å². The number of hydrogen-bond acceptors (Lipinski definition) is 4. The van der Waals surface area contributed by atoms with Crippen molar-refractivity contribution in [1.82, 2.24) is 0 Å². The van der Waals surface area contributed by atoms with Crippen LogP contribution < -0.4 is 0 Å². The zero-order valence-corrected chi connectivity index (χ0v) is 11.3. The summed E-state index contributed by atoms with van der Waals surface area (Å²) in [4.78, 5) is 0. The molecule has 0 saturated carbocycles. The minimum atomic E-state index is 0.0682. The number of ether oxygens (including phenoxy) is 3. The number of aliphatic hydroxyl groups excluding tert-OH is 1. The number of aliphatic hydroxyl groups is 1. The Morgan fingerprint density at radius 1 is 0.941 bits per heavy atom. The molecule has 4 heteroatoms. The van der Waals surface area contributed by atoms with Gasteiger partial charge in [0.1, 0.15) is 0 Å². The molecule has 0 rings (SSSR count). The van der Waals surface area contributed by atoms with Crippen LogP contribution in [0.1, 0.15) is 33.1 Å². The Bertz CT molecular complexity index is 141. The number of unbranched alkanes of at least 4 members (excludes halogenated alkanes) is 1. The zero-order chi connectivity index (χ0) is 12.8. The molecule has 0 spiro atoms. The van der Waals surface area contributed by atoms with E-state index in [9.17, 15) is 0 Å². The summed E-state index contributed by atoms with van der Waals surface area (Å²) in [5.74, 6) is 0.642. The second-order valence-corrected chi connectivity index (χ2v) is 4.27. The highest BCUT2D eigenvalue weighted by molar-refractivity contribution is 4.50. The van der Waals surface area contributed by atoms with Crippen LogP contribution in [-0.4, -0.2) is 51.4 Å². The van der Waals surface area contributed by atoms with E-state index in [1.807, 2.05) is 0 Å². The first-order chi connectivity index (χ1) is 8.31. The van der Waals surface area contributed by atoms with Crippen LogP contribution in [0.15, 0.2) is 0 Å². The van der Waals surface area contributed by atoms with Gasteiger partial charge in [-0.05, 0) is 12.3 Å². The fraction of sp³-hybridized carbons (Fsp3) is 1.00. The Morgan fingerprint density at radius 3 is 2.12 bits per heavy atom. The third-order valence-electron chi connectivity index (χ3n) is 2.43. The van der Waals surface area contributed by atoms with Gasteiger partial charge in [-0.3, -0.25) is 0 Å². The summed E-state index contributed by atoms with van der Waals surface area (Å²) < 4.78 is 15.9. The van der Waals surface area contributed by atoms with E-state index in [1.165, 1.54) is 19.3 Å². The molecule has 1 N–H and O–H groups in total. The van der Waals surface area contributed by atoms with Crippen LogP contribution >= 0.6 is 0 Å². The van der Waals surface area contributed by atoms with E-state index >= 15 is 0 Å². The number of rotatable bonds is 13. The van der Waals surface area contributed by atoms with Gasteiger partial charge in [-0.2, -0.15) is 0 Å². The van der Waals surface area contributed by atoms with Crippen LogP contribution in [0.25, 0.3) is 0 Å². The van der Waals surface area contributed by atoms with Gasteiger partial charge in [0, 0.05) is 6.61 Å². The Labute approximate surface area is 105 Å². The van der Waals surface area contributed by atoms with Crippen LogP contribution in [0.5, 0.6) is 0 Å². The first kappa shape index (κ1) is 16.8. The average molecular weight is 248 g/mol. The molecule has 0 aliphatic rings. The fourth-order valence-electron chi connectivity index (χ4n) is 1.42. The molecule has 0 amide bonds. The van der Waals surface area contributed by atoms with Gasteiger partial charge in [0.25, 0.3) is 0 Å². The Kier molecular flexibility index (Phi) is 13.8. The summed E-state index contributed by atoms with van der Waals surface area (Å²) in [5.41, 5.74) is 0. The molecular weight excluding hydrogens is 220 g/mol. The van der Waals surface area contributed by atoms with Crippen LogP contribution in [0.4, 0.5) is 0 Å². The average Bonchev–Trinajstić information content (AvgIpc) is 2.34. The molecule has 1 unspecified atom stereocenters. The van der Waals surface area contributed by atoms with E-state index in [0.29, 0.717) is 39.0 Å². The van der Waals surface area contributed by atoms with Crippen molar-refractivity contribution in [2.24, 2.45) is 5.92 Å². The summed E-state index contributed by atoms with van der Waals surface area (Å²) in [6.45, 7) is 8.07. The third-order valence-corrected chi connectivity index (χ3v) is 2.43. The predicted molar refractivity (Wildman–Crippen MR) is 68.2 cm³/mol. The normalized spacial score (nSPS) is 12.9. The number of hydrogen-bond donors (Lipinski definition) is 1. The van der Waals surface area contributed by atoms with E-state index < -0.39 is 0 Å². The quantitative estimate of drug-likeness (QED) is 0.505. The van der Waals surface area contributed by atoms with Crippen molar-refractivity contribution in [2.75, 3.05) is 46.2 Å². The molecule has 0 aliphatic carbocycles. The molecule has 0 fully saturated rings. The first-order valence-electron chi connectivity index (χ1n) is 6.65. The lowest BCUT2D eigenvalue weighted by atomic mass is 10.1.